The summed E-state index contributed by atoms with van der Waals surface area (Å²) in [7, 11) is 0. The van der Waals surface area contributed by atoms with Crippen LogP contribution in [0.5, 0.6) is 0 Å². The average molecular weight is 330 g/mol. The molecule has 1 aromatic rings. The Kier molecular flexibility index (Phi) is 5.18. The number of likely N-dealkylation sites (tertiary alicyclic amines) is 1. The zero-order valence-corrected chi connectivity index (χ0v) is 13.9. The number of benzene rings is 1. The molecule has 1 N–H and O–H groups in total. The van der Waals surface area contributed by atoms with Gasteiger partial charge >= 0.3 is 5.97 Å². The van der Waals surface area contributed by atoms with E-state index in [1.807, 2.05) is 25.1 Å². The van der Waals surface area contributed by atoms with Crippen molar-refractivity contribution < 1.29 is 9.90 Å². The van der Waals surface area contributed by atoms with Gasteiger partial charge in [0.2, 0.25) is 0 Å². The molecule has 5 heteroatoms. The quantitative estimate of drug-likeness (QED) is 0.875. The van der Waals surface area contributed by atoms with Gasteiger partial charge in [0.1, 0.15) is 0 Å². The van der Waals surface area contributed by atoms with Crippen LogP contribution in [-0.2, 0) is 4.79 Å². The molecule has 0 aromatic heterocycles. The maximum atomic E-state index is 11.5. The Bertz CT molecular complexity index is 525. The molecule has 0 aliphatic carbocycles. The predicted octanol–water partition coefficient (Wildman–Crippen LogP) is 4.63. The fourth-order valence-electron chi connectivity index (χ4n) is 3.04. The zero-order chi connectivity index (χ0) is 15.6. The van der Waals surface area contributed by atoms with Crippen LogP contribution in [0.3, 0.4) is 0 Å². The minimum absolute atomic E-state index is 0.211. The van der Waals surface area contributed by atoms with E-state index in [0.717, 1.165) is 18.7 Å². The van der Waals surface area contributed by atoms with E-state index in [1.54, 1.807) is 0 Å². The fourth-order valence-corrected chi connectivity index (χ4v) is 3.35. The molecule has 1 atom stereocenters. The summed E-state index contributed by atoms with van der Waals surface area (Å²) < 4.78 is 0. The SMILES string of the molecule is CCC1(C(=O)O)CCN(C(C)c2ccc(Cl)c(Cl)c2)CC1. The molecule has 21 heavy (non-hydrogen) atoms. The molecule has 0 bridgehead atoms. The van der Waals surface area contributed by atoms with Crippen molar-refractivity contribution in [2.45, 2.75) is 39.2 Å². The summed E-state index contributed by atoms with van der Waals surface area (Å²) in [5.74, 6) is -0.660. The average Bonchev–Trinajstić information content (AvgIpc) is 2.49. The molecule has 1 aliphatic rings. The van der Waals surface area contributed by atoms with E-state index in [0.29, 0.717) is 29.3 Å². The van der Waals surface area contributed by atoms with Gasteiger partial charge in [0.25, 0.3) is 0 Å². The van der Waals surface area contributed by atoms with E-state index < -0.39 is 11.4 Å². The summed E-state index contributed by atoms with van der Waals surface area (Å²) in [4.78, 5) is 13.8. The maximum Gasteiger partial charge on any atom is 0.309 e. The Morgan fingerprint density at radius 2 is 1.95 bits per heavy atom. The van der Waals surface area contributed by atoms with Gasteiger partial charge in [-0.15, -0.1) is 0 Å². The maximum absolute atomic E-state index is 11.5. The van der Waals surface area contributed by atoms with Crippen molar-refractivity contribution in [3.8, 4) is 0 Å². The number of carboxylic acid groups (broad SMARTS) is 1. The van der Waals surface area contributed by atoms with Gasteiger partial charge in [-0.3, -0.25) is 9.69 Å². The highest BCUT2D eigenvalue weighted by molar-refractivity contribution is 6.42. The van der Waals surface area contributed by atoms with Crippen molar-refractivity contribution in [1.82, 2.24) is 4.90 Å². The highest BCUT2D eigenvalue weighted by Gasteiger charge is 2.40. The van der Waals surface area contributed by atoms with Crippen LogP contribution in [0.25, 0.3) is 0 Å². The monoisotopic (exact) mass is 329 g/mol. The first-order valence-corrected chi connectivity index (χ1v) is 8.07. The van der Waals surface area contributed by atoms with Crippen LogP contribution in [0, 0.1) is 5.41 Å². The summed E-state index contributed by atoms with van der Waals surface area (Å²) in [6.45, 7) is 5.68. The first kappa shape index (κ1) is 16.6. The van der Waals surface area contributed by atoms with Crippen molar-refractivity contribution in [2.75, 3.05) is 13.1 Å². The number of halogens is 2. The lowest BCUT2D eigenvalue weighted by Crippen LogP contribution is -2.44. The lowest BCUT2D eigenvalue weighted by Gasteiger charge is -2.41. The Morgan fingerprint density at radius 3 is 2.43 bits per heavy atom. The summed E-state index contributed by atoms with van der Waals surface area (Å²) in [6, 6.07) is 5.90. The second-order valence-corrected chi connectivity index (χ2v) is 6.64. The molecule has 0 amide bonds. The minimum Gasteiger partial charge on any atom is -0.481 e. The van der Waals surface area contributed by atoms with Crippen LogP contribution < -0.4 is 0 Å². The van der Waals surface area contributed by atoms with Crippen LogP contribution in [0.2, 0.25) is 10.0 Å². The molecule has 0 radical (unpaired) electrons. The topological polar surface area (TPSA) is 40.5 Å². The first-order chi connectivity index (χ1) is 9.89. The molecular weight excluding hydrogens is 309 g/mol. The number of carbonyl (C=O) groups is 1. The molecule has 3 nitrogen and oxygen atoms in total. The molecule has 116 valence electrons. The third kappa shape index (κ3) is 3.36. The molecule has 1 aromatic carbocycles. The van der Waals surface area contributed by atoms with E-state index in [9.17, 15) is 9.90 Å². The van der Waals surface area contributed by atoms with Gasteiger partial charge in [0.15, 0.2) is 0 Å². The number of hydrogen-bond donors (Lipinski definition) is 1. The summed E-state index contributed by atoms with van der Waals surface area (Å²) in [5, 5.41) is 10.6. The normalized spacial score (nSPS) is 20.2. The van der Waals surface area contributed by atoms with Crippen LogP contribution in [0.15, 0.2) is 18.2 Å². The minimum atomic E-state index is -0.660. The van der Waals surface area contributed by atoms with Gasteiger partial charge < -0.3 is 5.11 Å². The number of nitrogens with zero attached hydrogens (tertiary/aromatic N) is 1. The summed E-state index contributed by atoms with van der Waals surface area (Å²) >= 11 is 12.0. The van der Waals surface area contributed by atoms with Crippen LogP contribution in [0.4, 0.5) is 0 Å². The summed E-state index contributed by atoms with van der Waals surface area (Å²) in [5.41, 5.74) is 0.567. The number of carboxylic acids is 1. The number of piperidine rings is 1. The Hall–Kier alpha value is -0.770. The van der Waals surface area contributed by atoms with E-state index in [-0.39, 0.29) is 6.04 Å². The molecule has 0 spiro atoms. The third-order valence-electron chi connectivity index (χ3n) is 4.86. The van der Waals surface area contributed by atoms with E-state index in [2.05, 4.69) is 11.8 Å². The van der Waals surface area contributed by atoms with Crippen molar-refractivity contribution in [3.63, 3.8) is 0 Å². The second-order valence-electron chi connectivity index (χ2n) is 5.82. The fraction of sp³-hybridized carbons (Fsp3) is 0.562. The highest BCUT2D eigenvalue weighted by atomic mass is 35.5. The third-order valence-corrected chi connectivity index (χ3v) is 5.60. The molecule has 1 heterocycles. The molecule has 1 saturated heterocycles. The Balaban J connectivity index is 2.07. The number of hydrogen-bond acceptors (Lipinski definition) is 2. The van der Waals surface area contributed by atoms with Gasteiger partial charge in [-0.25, -0.2) is 0 Å². The van der Waals surface area contributed by atoms with E-state index in [4.69, 9.17) is 23.2 Å². The smallest absolute Gasteiger partial charge is 0.309 e. The summed E-state index contributed by atoms with van der Waals surface area (Å²) in [6.07, 6.45) is 2.09. The van der Waals surface area contributed by atoms with E-state index >= 15 is 0 Å². The predicted molar refractivity (Wildman–Crippen MR) is 86.0 cm³/mol. The molecule has 2 rings (SSSR count). The lowest BCUT2D eigenvalue weighted by molar-refractivity contribution is -0.152. The Morgan fingerprint density at radius 1 is 1.33 bits per heavy atom. The second kappa shape index (κ2) is 6.55. The van der Waals surface area contributed by atoms with Gasteiger partial charge in [-0.1, -0.05) is 36.2 Å². The van der Waals surface area contributed by atoms with Crippen molar-refractivity contribution in [3.05, 3.63) is 33.8 Å². The van der Waals surface area contributed by atoms with Gasteiger partial charge in [0.05, 0.1) is 15.5 Å². The Labute approximate surface area is 135 Å². The molecule has 1 fully saturated rings. The highest BCUT2D eigenvalue weighted by Crippen LogP contribution is 2.38. The number of rotatable bonds is 4. The van der Waals surface area contributed by atoms with Crippen LogP contribution >= 0.6 is 23.2 Å². The lowest BCUT2D eigenvalue weighted by atomic mass is 9.76. The van der Waals surface area contributed by atoms with Gasteiger partial charge in [-0.2, -0.15) is 0 Å². The van der Waals surface area contributed by atoms with Crippen LogP contribution in [-0.4, -0.2) is 29.1 Å². The van der Waals surface area contributed by atoms with Gasteiger partial charge in [0, 0.05) is 6.04 Å². The zero-order valence-electron chi connectivity index (χ0n) is 12.4. The molecular formula is C16H21Cl2NO2. The largest absolute Gasteiger partial charge is 0.481 e. The standard InChI is InChI=1S/C16H21Cl2NO2/c1-3-16(15(20)21)6-8-19(9-7-16)11(2)12-4-5-13(17)14(18)10-12/h4-5,10-11H,3,6-9H2,1-2H3,(H,20,21). The van der Waals surface area contributed by atoms with E-state index in [1.165, 1.54) is 0 Å². The first-order valence-electron chi connectivity index (χ1n) is 7.32. The number of aliphatic carboxylic acids is 1. The molecule has 1 aliphatic heterocycles. The van der Waals surface area contributed by atoms with Crippen LogP contribution in [0.1, 0.15) is 44.7 Å². The molecule has 1 unspecified atom stereocenters. The van der Waals surface area contributed by atoms with Crippen molar-refractivity contribution >= 4 is 29.2 Å². The van der Waals surface area contributed by atoms with Gasteiger partial charge in [-0.05, 0) is 57.0 Å². The van der Waals surface area contributed by atoms with Crippen molar-refractivity contribution in [1.29, 1.82) is 0 Å². The van der Waals surface area contributed by atoms with Crippen molar-refractivity contribution in [2.24, 2.45) is 5.41 Å². The molecule has 0 saturated carbocycles.